The summed E-state index contributed by atoms with van der Waals surface area (Å²) in [5, 5.41) is 53.1. The summed E-state index contributed by atoms with van der Waals surface area (Å²) in [6.07, 6.45) is -1.19. The van der Waals surface area contributed by atoms with E-state index in [1.807, 2.05) is 0 Å². The third kappa shape index (κ3) is 56.8. The van der Waals surface area contributed by atoms with Crippen LogP contribution in [0.3, 0.4) is 0 Å². The quantitative estimate of drug-likeness (QED) is 0.262. The van der Waals surface area contributed by atoms with Crippen molar-refractivity contribution in [1.29, 1.82) is 0 Å². The normalized spacial score (nSPS) is 8.15. The van der Waals surface area contributed by atoms with Crippen molar-refractivity contribution in [2.75, 3.05) is 0 Å². The fourth-order valence-corrected chi connectivity index (χ4v) is 0.428. The lowest BCUT2D eigenvalue weighted by Gasteiger charge is -1.85. The molecule has 116 valence electrons. The molecular formula is C8H15BO11. The molecule has 0 aliphatic carbocycles. The van der Waals surface area contributed by atoms with Gasteiger partial charge in [0.05, 0.1) is 25.7 Å². The maximum absolute atomic E-state index is 9.64. The molecule has 0 amide bonds. The molecule has 11 nitrogen and oxygen atoms in total. The van der Waals surface area contributed by atoms with Crippen LogP contribution in [-0.2, 0) is 19.2 Å². The molecule has 0 rings (SSSR count). The zero-order valence-corrected chi connectivity index (χ0v) is 10.2. The minimum Gasteiger partial charge on any atom is -0.481 e. The van der Waals surface area contributed by atoms with Gasteiger partial charge in [-0.15, -0.1) is 0 Å². The highest BCUT2D eigenvalue weighted by Crippen LogP contribution is 1.86. The average molecular weight is 298 g/mol. The Bertz CT molecular complexity index is 255. The van der Waals surface area contributed by atoms with Gasteiger partial charge in [-0.2, -0.15) is 0 Å². The summed E-state index contributed by atoms with van der Waals surface area (Å²) in [5.41, 5.74) is 0. The SMILES string of the molecule is O=C(O)CCC(=O)O.O=C(O)CCC(=O)O.OB(O)O. The van der Waals surface area contributed by atoms with Crippen LogP contribution in [0, 0.1) is 0 Å². The van der Waals surface area contributed by atoms with Gasteiger partial charge >= 0.3 is 31.2 Å². The van der Waals surface area contributed by atoms with Crippen molar-refractivity contribution in [3.8, 4) is 0 Å². The van der Waals surface area contributed by atoms with E-state index < -0.39 is 31.2 Å². The molecule has 0 saturated carbocycles. The summed E-state index contributed by atoms with van der Waals surface area (Å²) in [5.74, 6) is -4.31. The van der Waals surface area contributed by atoms with Crippen molar-refractivity contribution in [3.05, 3.63) is 0 Å². The molecule has 0 bridgehead atoms. The lowest BCUT2D eigenvalue weighted by molar-refractivity contribution is -0.143. The Balaban J connectivity index is -0.000000230. The third-order valence-corrected chi connectivity index (χ3v) is 1.11. The Labute approximate surface area is 112 Å². The van der Waals surface area contributed by atoms with E-state index in [1.165, 1.54) is 0 Å². The number of aliphatic carboxylic acids is 4. The zero-order chi connectivity index (χ0) is 16.7. The smallest absolute Gasteiger partial charge is 0.481 e. The van der Waals surface area contributed by atoms with Crippen LogP contribution in [0.15, 0.2) is 0 Å². The predicted molar refractivity (Wildman–Crippen MR) is 61.4 cm³/mol. The second kappa shape index (κ2) is 14.9. The van der Waals surface area contributed by atoms with Crippen molar-refractivity contribution in [2.45, 2.75) is 25.7 Å². The lowest BCUT2D eigenvalue weighted by Crippen LogP contribution is -2.07. The highest BCUT2D eigenvalue weighted by Gasteiger charge is 2.01. The molecule has 12 heteroatoms. The number of rotatable bonds is 6. The minimum absolute atomic E-state index is 0.296. The fraction of sp³-hybridized carbons (Fsp3) is 0.500. The van der Waals surface area contributed by atoms with E-state index >= 15 is 0 Å². The molecule has 20 heavy (non-hydrogen) atoms. The molecule has 0 fully saturated rings. The first-order chi connectivity index (χ1) is 8.98. The van der Waals surface area contributed by atoms with Crippen molar-refractivity contribution in [1.82, 2.24) is 0 Å². The van der Waals surface area contributed by atoms with Gasteiger partial charge in [0.15, 0.2) is 0 Å². The van der Waals surface area contributed by atoms with E-state index in [-0.39, 0.29) is 25.7 Å². The fourth-order valence-electron chi connectivity index (χ4n) is 0.428. The van der Waals surface area contributed by atoms with E-state index in [9.17, 15) is 19.2 Å². The number of carbonyl (C=O) groups is 4. The minimum atomic E-state index is -2.17. The largest absolute Gasteiger partial charge is 0.631 e. The van der Waals surface area contributed by atoms with Crippen LogP contribution in [0.25, 0.3) is 0 Å². The van der Waals surface area contributed by atoms with Gasteiger partial charge in [0.25, 0.3) is 0 Å². The van der Waals surface area contributed by atoms with Gasteiger partial charge in [0, 0.05) is 0 Å². The van der Waals surface area contributed by atoms with Gasteiger partial charge in [-0.3, -0.25) is 19.2 Å². The average Bonchev–Trinajstić information content (AvgIpc) is 2.23. The van der Waals surface area contributed by atoms with Gasteiger partial charge in [-0.05, 0) is 0 Å². The Hall–Kier alpha value is -2.18. The molecule has 0 radical (unpaired) electrons. The first-order valence-corrected chi connectivity index (χ1v) is 4.90. The van der Waals surface area contributed by atoms with E-state index in [2.05, 4.69) is 0 Å². The Morgan fingerprint density at radius 2 is 0.650 bits per heavy atom. The van der Waals surface area contributed by atoms with Crippen LogP contribution >= 0.6 is 0 Å². The molecule has 0 heterocycles. The van der Waals surface area contributed by atoms with Gasteiger partial charge in [-0.1, -0.05) is 0 Å². The van der Waals surface area contributed by atoms with E-state index in [4.69, 9.17) is 35.5 Å². The molecule has 0 aromatic heterocycles. The number of carboxylic acid groups (broad SMARTS) is 4. The topological polar surface area (TPSA) is 210 Å². The summed E-state index contributed by atoms with van der Waals surface area (Å²) < 4.78 is 0. The molecular weight excluding hydrogens is 283 g/mol. The van der Waals surface area contributed by atoms with Crippen LogP contribution in [0.1, 0.15) is 25.7 Å². The molecule has 0 aliphatic rings. The molecule has 0 atom stereocenters. The molecule has 7 N–H and O–H groups in total. The highest BCUT2D eigenvalue weighted by atomic mass is 16.5. The maximum Gasteiger partial charge on any atom is 0.631 e. The predicted octanol–water partition coefficient (Wildman–Crippen LogP) is -2.18. The van der Waals surface area contributed by atoms with Crippen LogP contribution in [0.4, 0.5) is 0 Å². The van der Waals surface area contributed by atoms with Gasteiger partial charge in [0.1, 0.15) is 0 Å². The second-order valence-electron chi connectivity index (χ2n) is 2.92. The summed E-state index contributed by atoms with van der Waals surface area (Å²) in [6.45, 7) is 0. The zero-order valence-electron chi connectivity index (χ0n) is 10.2. The Kier molecular flexibility index (Phi) is 17.1. The second-order valence-corrected chi connectivity index (χ2v) is 2.92. The monoisotopic (exact) mass is 298 g/mol. The first-order valence-electron chi connectivity index (χ1n) is 4.90. The summed E-state index contributed by atoms with van der Waals surface area (Å²) in [6, 6.07) is 0. The molecule has 0 aromatic rings. The Morgan fingerprint density at radius 3 is 0.700 bits per heavy atom. The summed E-state index contributed by atoms with van der Waals surface area (Å²) >= 11 is 0. The van der Waals surface area contributed by atoms with Crippen LogP contribution in [0.5, 0.6) is 0 Å². The Morgan fingerprint density at radius 1 is 0.550 bits per heavy atom. The number of carboxylic acids is 4. The summed E-state index contributed by atoms with van der Waals surface area (Å²) in [7, 11) is -2.17. The number of hydrogen-bond acceptors (Lipinski definition) is 7. The van der Waals surface area contributed by atoms with E-state index in [0.29, 0.717) is 0 Å². The maximum atomic E-state index is 9.64. The van der Waals surface area contributed by atoms with Gasteiger partial charge in [-0.25, -0.2) is 0 Å². The molecule has 0 aliphatic heterocycles. The summed E-state index contributed by atoms with van der Waals surface area (Å²) in [4.78, 5) is 38.6. The first kappa shape index (κ1) is 23.0. The van der Waals surface area contributed by atoms with E-state index in [1.54, 1.807) is 0 Å². The highest BCUT2D eigenvalue weighted by molar-refractivity contribution is 6.30. The van der Waals surface area contributed by atoms with Crippen LogP contribution < -0.4 is 0 Å². The molecule has 0 spiro atoms. The molecule has 0 aromatic carbocycles. The number of hydrogen-bond donors (Lipinski definition) is 7. The van der Waals surface area contributed by atoms with Gasteiger partial charge < -0.3 is 35.5 Å². The van der Waals surface area contributed by atoms with Crippen molar-refractivity contribution in [3.63, 3.8) is 0 Å². The van der Waals surface area contributed by atoms with Crippen molar-refractivity contribution >= 4 is 31.2 Å². The standard InChI is InChI=1S/2C4H6O4.BH3O3/c2*5-3(6)1-2-4(7)8;2-1(3)4/h2*1-2H2,(H,5,6)(H,7,8);2-4H. The van der Waals surface area contributed by atoms with Gasteiger partial charge in [0.2, 0.25) is 0 Å². The van der Waals surface area contributed by atoms with Crippen LogP contribution in [-0.4, -0.2) is 66.7 Å². The van der Waals surface area contributed by atoms with E-state index in [0.717, 1.165) is 0 Å². The molecule has 0 saturated heterocycles. The molecule has 0 unspecified atom stereocenters. The lowest BCUT2D eigenvalue weighted by atomic mass is 10.3. The van der Waals surface area contributed by atoms with Crippen LogP contribution in [0.2, 0.25) is 0 Å². The van der Waals surface area contributed by atoms with Crippen molar-refractivity contribution in [2.24, 2.45) is 0 Å². The third-order valence-electron chi connectivity index (χ3n) is 1.11. The van der Waals surface area contributed by atoms with Crippen molar-refractivity contribution < 1.29 is 54.7 Å².